The highest BCUT2D eigenvalue weighted by Crippen LogP contribution is 2.33. The molecule has 0 unspecified atom stereocenters. The summed E-state index contributed by atoms with van der Waals surface area (Å²) >= 11 is 2.17. The van der Waals surface area contributed by atoms with Crippen molar-refractivity contribution >= 4 is 40.4 Å². The fourth-order valence-electron chi connectivity index (χ4n) is 2.13. The number of methoxy groups -OCH3 is 1. The lowest BCUT2D eigenvalue weighted by molar-refractivity contribution is -0.120. The van der Waals surface area contributed by atoms with E-state index in [-0.39, 0.29) is 12.5 Å². The van der Waals surface area contributed by atoms with E-state index in [0.717, 1.165) is 20.4 Å². The van der Waals surface area contributed by atoms with E-state index < -0.39 is 0 Å². The van der Waals surface area contributed by atoms with Crippen molar-refractivity contribution in [3.05, 3.63) is 51.1 Å². The summed E-state index contributed by atoms with van der Waals surface area (Å²) in [5.74, 6) is 1.05. The molecule has 138 valence electrons. The van der Waals surface area contributed by atoms with Gasteiger partial charge in [-0.05, 0) is 60.7 Å². The number of carbonyl (C=O) groups excluding carboxylic acids is 1. The van der Waals surface area contributed by atoms with E-state index in [1.54, 1.807) is 13.2 Å². The van der Waals surface area contributed by atoms with Gasteiger partial charge in [-0.25, -0.2) is 0 Å². The molecule has 26 heavy (non-hydrogen) atoms. The number of nitrogens with one attached hydrogen (secondary N) is 1. The average molecular weight is 468 g/mol. The number of carbonyl (C=O) groups is 1. The first-order valence-corrected chi connectivity index (χ1v) is 9.13. The summed E-state index contributed by atoms with van der Waals surface area (Å²) in [5, 5.41) is 6.59. The van der Waals surface area contributed by atoms with Gasteiger partial charge in [0.2, 0.25) is 0 Å². The summed E-state index contributed by atoms with van der Waals surface area (Å²) in [6.07, 6.45) is 1.53. The number of amides is 1. The molecule has 0 spiro atoms. The van der Waals surface area contributed by atoms with Crippen LogP contribution in [0.4, 0.5) is 5.69 Å². The maximum Gasteiger partial charge on any atom is 0.265 e. The second-order valence-corrected chi connectivity index (χ2v) is 6.55. The molecule has 1 N–H and O–H groups in total. The van der Waals surface area contributed by atoms with Crippen LogP contribution in [0.3, 0.4) is 0 Å². The predicted molar refractivity (Wildman–Crippen MR) is 110 cm³/mol. The van der Waals surface area contributed by atoms with Gasteiger partial charge in [0.1, 0.15) is 0 Å². The van der Waals surface area contributed by atoms with Crippen molar-refractivity contribution < 1.29 is 19.1 Å². The lowest BCUT2D eigenvalue weighted by atomic mass is 10.2. The third-order valence-electron chi connectivity index (χ3n) is 3.35. The zero-order valence-electron chi connectivity index (χ0n) is 14.9. The van der Waals surface area contributed by atoms with E-state index in [4.69, 9.17) is 14.3 Å². The Morgan fingerprint density at radius 2 is 2.00 bits per heavy atom. The van der Waals surface area contributed by atoms with Gasteiger partial charge in [0, 0.05) is 11.3 Å². The number of nitrogens with zero attached hydrogens (tertiary/aromatic N) is 1. The fraction of sp³-hybridized carbons (Fsp3) is 0.263. The van der Waals surface area contributed by atoms with E-state index in [9.17, 15) is 4.79 Å². The average Bonchev–Trinajstić information content (AvgIpc) is 2.62. The molecule has 2 aromatic rings. The van der Waals surface area contributed by atoms with Gasteiger partial charge in [-0.1, -0.05) is 22.9 Å². The lowest BCUT2D eigenvalue weighted by Crippen LogP contribution is -2.16. The van der Waals surface area contributed by atoms with Crippen molar-refractivity contribution in [1.82, 2.24) is 0 Å². The highest BCUT2D eigenvalue weighted by atomic mass is 127. The lowest BCUT2D eigenvalue weighted by Gasteiger charge is -2.11. The van der Waals surface area contributed by atoms with Crippen LogP contribution in [0.2, 0.25) is 0 Å². The molecule has 0 heterocycles. The number of hydrogen-bond acceptors (Lipinski definition) is 5. The summed E-state index contributed by atoms with van der Waals surface area (Å²) in [4.78, 5) is 16.9. The van der Waals surface area contributed by atoms with Gasteiger partial charge < -0.3 is 19.6 Å². The Labute approximate surface area is 166 Å². The maximum absolute atomic E-state index is 11.8. The summed E-state index contributed by atoms with van der Waals surface area (Å²) in [6, 6.07) is 11.2. The Bertz CT molecular complexity index is 776. The number of hydrogen-bond donors (Lipinski definition) is 1. The second kappa shape index (κ2) is 10.0. The molecule has 2 aromatic carbocycles. The second-order valence-electron chi connectivity index (χ2n) is 5.39. The van der Waals surface area contributed by atoms with Crippen molar-refractivity contribution in [2.45, 2.75) is 13.8 Å². The molecule has 1 amide bonds. The van der Waals surface area contributed by atoms with Gasteiger partial charge in [0.05, 0.1) is 23.5 Å². The Morgan fingerprint density at radius 3 is 2.65 bits per heavy atom. The normalized spacial score (nSPS) is 10.6. The molecule has 0 bridgehead atoms. The third kappa shape index (κ3) is 5.91. The van der Waals surface area contributed by atoms with Crippen LogP contribution in [0.5, 0.6) is 11.5 Å². The first kappa shape index (κ1) is 20.0. The fourth-order valence-corrected chi connectivity index (χ4v) is 2.91. The molecular formula is C19H21IN2O4. The molecule has 0 aromatic heterocycles. The quantitative estimate of drug-likeness (QED) is 0.362. The summed E-state index contributed by atoms with van der Waals surface area (Å²) in [5.41, 5.74) is 2.64. The monoisotopic (exact) mass is 468 g/mol. The SMILES string of the molecule is CCOc1c(I)cc(/C=N/OCC(=O)Nc2ccc(C)cc2)cc1OC. The smallest absolute Gasteiger partial charge is 0.265 e. The van der Waals surface area contributed by atoms with Gasteiger partial charge in [0.15, 0.2) is 18.1 Å². The van der Waals surface area contributed by atoms with Gasteiger partial charge >= 0.3 is 0 Å². The van der Waals surface area contributed by atoms with E-state index >= 15 is 0 Å². The molecular weight excluding hydrogens is 447 g/mol. The minimum Gasteiger partial charge on any atom is -0.493 e. The Balaban J connectivity index is 1.90. The topological polar surface area (TPSA) is 69.2 Å². The summed E-state index contributed by atoms with van der Waals surface area (Å²) in [7, 11) is 1.58. The van der Waals surface area contributed by atoms with Crippen LogP contribution in [-0.2, 0) is 9.63 Å². The minimum absolute atomic E-state index is 0.171. The van der Waals surface area contributed by atoms with Gasteiger partial charge in [-0.3, -0.25) is 4.79 Å². The Kier molecular flexibility index (Phi) is 7.71. The highest BCUT2D eigenvalue weighted by molar-refractivity contribution is 14.1. The van der Waals surface area contributed by atoms with Crippen LogP contribution < -0.4 is 14.8 Å². The molecule has 0 aliphatic carbocycles. The molecule has 0 atom stereocenters. The van der Waals surface area contributed by atoms with E-state index in [2.05, 4.69) is 33.1 Å². The summed E-state index contributed by atoms with van der Waals surface area (Å²) < 4.78 is 11.8. The van der Waals surface area contributed by atoms with Crippen LogP contribution in [-0.4, -0.2) is 32.4 Å². The van der Waals surface area contributed by atoms with E-state index in [1.807, 2.05) is 44.2 Å². The zero-order chi connectivity index (χ0) is 18.9. The van der Waals surface area contributed by atoms with Crippen LogP contribution in [0.15, 0.2) is 41.6 Å². The van der Waals surface area contributed by atoms with Crippen molar-refractivity contribution in [2.75, 3.05) is 25.6 Å². The van der Waals surface area contributed by atoms with Crippen LogP contribution in [0.25, 0.3) is 0 Å². The van der Waals surface area contributed by atoms with Crippen LogP contribution in [0, 0.1) is 10.5 Å². The van der Waals surface area contributed by atoms with Crippen molar-refractivity contribution in [2.24, 2.45) is 5.16 Å². The largest absolute Gasteiger partial charge is 0.493 e. The molecule has 0 saturated heterocycles. The van der Waals surface area contributed by atoms with Crippen molar-refractivity contribution in [3.8, 4) is 11.5 Å². The van der Waals surface area contributed by atoms with Crippen molar-refractivity contribution in [3.63, 3.8) is 0 Å². The number of rotatable bonds is 8. The first-order valence-electron chi connectivity index (χ1n) is 8.05. The molecule has 7 heteroatoms. The number of anilines is 1. The van der Waals surface area contributed by atoms with Crippen LogP contribution >= 0.6 is 22.6 Å². The van der Waals surface area contributed by atoms with Crippen molar-refractivity contribution in [1.29, 1.82) is 0 Å². The number of halogens is 1. The standard InChI is InChI=1S/C19H21IN2O4/c1-4-25-19-16(20)9-14(10-17(19)24-3)11-21-26-12-18(23)22-15-7-5-13(2)6-8-15/h5-11H,4,12H2,1-3H3,(H,22,23)/b21-11+. The number of benzene rings is 2. The zero-order valence-corrected chi connectivity index (χ0v) is 17.1. The predicted octanol–water partition coefficient (Wildman–Crippen LogP) is 4.00. The number of ether oxygens (including phenoxy) is 2. The molecule has 0 radical (unpaired) electrons. The molecule has 6 nitrogen and oxygen atoms in total. The Hall–Kier alpha value is -2.29. The highest BCUT2D eigenvalue weighted by Gasteiger charge is 2.10. The van der Waals surface area contributed by atoms with Gasteiger partial charge in [-0.15, -0.1) is 0 Å². The summed E-state index contributed by atoms with van der Waals surface area (Å²) in [6.45, 7) is 4.29. The molecule has 0 saturated carbocycles. The number of aryl methyl sites for hydroxylation is 1. The first-order chi connectivity index (χ1) is 12.5. The molecule has 0 aliphatic rings. The van der Waals surface area contributed by atoms with Gasteiger partial charge in [-0.2, -0.15) is 0 Å². The molecule has 0 fully saturated rings. The maximum atomic E-state index is 11.8. The van der Waals surface area contributed by atoms with Crippen LogP contribution in [0.1, 0.15) is 18.1 Å². The van der Waals surface area contributed by atoms with E-state index in [0.29, 0.717) is 18.1 Å². The minimum atomic E-state index is -0.273. The molecule has 2 rings (SSSR count). The van der Waals surface area contributed by atoms with E-state index in [1.165, 1.54) is 6.21 Å². The van der Waals surface area contributed by atoms with Gasteiger partial charge in [0.25, 0.3) is 5.91 Å². The molecule has 0 aliphatic heterocycles. The Morgan fingerprint density at radius 1 is 1.27 bits per heavy atom. The third-order valence-corrected chi connectivity index (χ3v) is 4.15. The number of oxime groups is 1.